The molecule has 0 saturated carbocycles. The molecule has 0 aromatic rings. The highest BCUT2D eigenvalue weighted by molar-refractivity contribution is 7.98. The second-order valence-electron chi connectivity index (χ2n) is 3.06. The molecule has 0 aromatic heterocycles. The lowest BCUT2D eigenvalue weighted by molar-refractivity contribution is -0.146. The van der Waals surface area contributed by atoms with E-state index >= 15 is 0 Å². The highest BCUT2D eigenvalue weighted by Crippen LogP contribution is 1.93. The van der Waals surface area contributed by atoms with Crippen LogP contribution in [0.25, 0.3) is 0 Å². The summed E-state index contributed by atoms with van der Waals surface area (Å²) in [6.45, 7) is 4.91. The summed E-state index contributed by atoms with van der Waals surface area (Å²) >= 11 is 1.81. The van der Waals surface area contributed by atoms with Gasteiger partial charge in [-0.3, -0.25) is 4.79 Å². The van der Waals surface area contributed by atoms with Gasteiger partial charge in [-0.05, 0) is 38.8 Å². The van der Waals surface area contributed by atoms with Crippen molar-refractivity contribution < 1.29 is 9.53 Å². The van der Waals surface area contributed by atoms with Gasteiger partial charge in [0.15, 0.2) is 0 Å². The van der Waals surface area contributed by atoms with Crippen LogP contribution in [0.1, 0.15) is 20.3 Å². The predicted octanol–water partition coefficient (Wildman–Crippen LogP) is 1.28. The summed E-state index contributed by atoms with van der Waals surface area (Å²) in [5.41, 5.74) is 0. The molecule has 0 spiro atoms. The van der Waals surface area contributed by atoms with Crippen molar-refractivity contribution in [2.45, 2.75) is 26.4 Å². The minimum atomic E-state index is -0.167. The van der Waals surface area contributed by atoms with Gasteiger partial charge in [-0.2, -0.15) is 11.8 Å². The van der Waals surface area contributed by atoms with E-state index in [2.05, 4.69) is 11.6 Å². The van der Waals surface area contributed by atoms with Crippen LogP contribution in [-0.2, 0) is 9.53 Å². The average Bonchev–Trinajstić information content (AvgIpc) is 2.02. The lowest BCUT2D eigenvalue weighted by Crippen LogP contribution is -2.27. The average molecular weight is 205 g/mol. The third-order valence-electron chi connectivity index (χ3n) is 1.34. The van der Waals surface area contributed by atoms with Crippen LogP contribution in [0.15, 0.2) is 0 Å². The Labute approximate surface area is 84.6 Å². The van der Waals surface area contributed by atoms with Gasteiger partial charge in [0.25, 0.3) is 0 Å². The summed E-state index contributed by atoms with van der Waals surface area (Å²) in [5.74, 6) is 0.964. The summed E-state index contributed by atoms with van der Waals surface area (Å²) in [4.78, 5) is 11.0. The molecule has 13 heavy (non-hydrogen) atoms. The molecule has 3 nitrogen and oxygen atoms in total. The Morgan fingerprint density at radius 3 is 2.77 bits per heavy atom. The van der Waals surface area contributed by atoms with Crippen LogP contribution in [0.5, 0.6) is 0 Å². The third-order valence-corrected chi connectivity index (χ3v) is 2.04. The van der Waals surface area contributed by atoms with E-state index in [1.807, 2.05) is 25.6 Å². The van der Waals surface area contributed by atoms with E-state index < -0.39 is 0 Å². The second kappa shape index (κ2) is 8.38. The standard InChI is InChI=1S/C9H19NO2S/c1-8(2)12-9(11)7-10-5-4-6-13-3/h8,10H,4-7H2,1-3H3. The molecule has 0 heterocycles. The van der Waals surface area contributed by atoms with Gasteiger partial charge < -0.3 is 10.1 Å². The van der Waals surface area contributed by atoms with Crippen molar-refractivity contribution in [1.82, 2.24) is 5.32 Å². The Bertz CT molecular complexity index is 140. The largest absolute Gasteiger partial charge is 0.462 e. The molecule has 0 aliphatic rings. The normalized spacial score (nSPS) is 10.5. The summed E-state index contributed by atoms with van der Waals surface area (Å²) in [5, 5.41) is 3.04. The predicted molar refractivity (Wildman–Crippen MR) is 57.1 cm³/mol. The number of hydrogen-bond donors (Lipinski definition) is 1. The molecule has 0 rings (SSSR count). The smallest absolute Gasteiger partial charge is 0.320 e. The number of carbonyl (C=O) groups is 1. The third kappa shape index (κ3) is 9.70. The number of thioether (sulfide) groups is 1. The summed E-state index contributed by atoms with van der Waals surface area (Å²) < 4.78 is 4.95. The second-order valence-corrected chi connectivity index (χ2v) is 4.05. The first-order valence-corrected chi connectivity index (χ1v) is 5.95. The maximum atomic E-state index is 11.0. The van der Waals surface area contributed by atoms with E-state index in [0.717, 1.165) is 18.7 Å². The van der Waals surface area contributed by atoms with E-state index in [1.165, 1.54) is 0 Å². The fourth-order valence-electron chi connectivity index (χ4n) is 0.837. The van der Waals surface area contributed by atoms with E-state index in [9.17, 15) is 4.79 Å². The molecule has 0 unspecified atom stereocenters. The van der Waals surface area contributed by atoms with Crippen molar-refractivity contribution in [1.29, 1.82) is 0 Å². The van der Waals surface area contributed by atoms with E-state index in [-0.39, 0.29) is 12.1 Å². The molecule has 78 valence electrons. The lowest BCUT2D eigenvalue weighted by Gasteiger charge is -2.08. The highest BCUT2D eigenvalue weighted by Gasteiger charge is 2.03. The Balaban J connectivity index is 3.17. The molecule has 0 atom stereocenters. The van der Waals surface area contributed by atoms with Crippen molar-refractivity contribution >= 4 is 17.7 Å². The molecular weight excluding hydrogens is 186 g/mol. The monoisotopic (exact) mass is 205 g/mol. The SMILES string of the molecule is CSCCCNCC(=O)OC(C)C. The zero-order valence-electron chi connectivity index (χ0n) is 8.63. The summed E-state index contributed by atoms with van der Waals surface area (Å²) in [7, 11) is 0. The molecule has 0 radical (unpaired) electrons. The van der Waals surface area contributed by atoms with Crippen LogP contribution in [0.3, 0.4) is 0 Å². The van der Waals surface area contributed by atoms with Crippen LogP contribution in [0.2, 0.25) is 0 Å². The molecule has 0 aliphatic carbocycles. The molecule has 0 aliphatic heterocycles. The van der Waals surface area contributed by atoms with Gasteiger partial charge in [-0.15, -0.1) is 0 Å². The maximum Gasteiger partial charge on any atom is 0.320 e. The van der Waals surface area contributed by atoms with Crippen molar-refractivity contribution in [3.8, 4) is 0 Å². The number of rotatable bonds is 7. The van der Waals surface area contributed by atoms with Gasteiger partial charge in [0, 0.05) is 0 Å². The van der Waals surface area contributed by atoms with Crippen molar-refractivity contribution in [2.24, 2.45) is 0 Å². The fourth-order valence-corrected chi connectivity index (χ4v) is 1.27. The Morgan fingerprint density at radius 1 is 1.54 bits per heavy atom. The Morgan fingerprint density at radius 2 is 2.23 bits per heavy atom. The molecular formula is C9H19NO2S. The Kier molecular flexibility index (Phi) is 8.24. The van der Waals surface area contributed by atoms with Crippen molar-refractivity contribution in [2.75, 3.05) is 25.1 Å². The molecule has 0 bridgehead atoms. The van der Waals surface area contributed by atoms with Crippen LogP contribution >= 0.6 is 11.8 Å². The fraction of sp³-hybridized carbons (Fsp3) is 0.889. The highest BCUT2D eigenvalue weighted by atomic mass is 32.2. The van der Waals surface area contributed by atoms with Gasteiger partial charge >= 0.3 is 5.97 Å². The van der Waals surface area contributed by atoms with Crippen LogP contribution < -0.4 is 5.32 Å². The molecule has 0 saturated heterocycles. The van der Waals surface area contributed by atoms with Gasteiger partial charge in [-0.1, -0.05) is 0 Å². The molecule has 0 aromatic carbocycles. The Hall–Kier alpha value is -0.220. The number of nitrogens with one attached hydrogen (secondary N) is 1. The van der Waals surface area contributed by atoms with Gasteiger partial charge in [0.1, 0.15) is 0 Å². The minimum absolute atomic E-state index is 0.0134. The van der Waals surface area contributed by atoms with E-state index in [4.69, 9.17) is 4.74 Å². The van der Waals surface area contributed by atoms with Crippen LogP contribution in [-0.4, -0.2) is 37.2 Å². The van der Waals surface area contributed by atoms with Gasteiger partial charge in [0.05, 0.1) is 12.6 Å². The first-order valence-electron chi connectivity index (χ1n) is 4.56. The first-order chi connectivity index (χ1) is 6.16. The van der Waals surface area contributed by atoms with Crippen LogP contribution in [0.4, 0.5) is 0 Å². The van der Waals surface area contributed by atoms with Crippen LogP contribution in [0, 0.1) is 0 Å². The number of carbonyl (C=O) groups excluding carboxylic acids is 1. The topological polar surface area (TPSA) is 38.3 Å². The number of ether oxygens (including phenoxy) is 1. The lowest BCUT2D eigenvalue weighted by atomic mass is 10.4. The summed E-state index contributed by atoms with van der Waals surface area (Å²) in [6, 6.07) is 0. The zero-order valence-corrected chi connectivity index (χ0v) is 9.45. The van der Waals surface area contributed by atoms with E-state index in [1.54, 1.807) is 0 Å². The van der Waals surface area contributed by atoms with Gasteiger partial charge in [-0.25, -0.2) is 0 Å². The molecule has 1 N–H and O–H groups in total. The molecule has 4 heteroatoms. The molecule has 0 amide bonds. The quantitative estimate of drug-likeness (QED) is 0.502. The maximum absolute atomic E-state index is 11.0. The van der Waals surface area contributed by atoms with Gasteiger partial charge in [0.2, 0.25) is 0 Å². The van der Waals surface area contributed by atoms with E-state index in [0.29, 0.717) is 6.54 Å². The minimum Gasteiger partial charge on any atom is -0.462 e. The number of hydrogen-bond acceptors (Lipinski definition) is 4. The number of esters is 1. The first kappa shape index (κ1) is 12.8. The zero-order chi connectivity index (χ0) is 10.1. The van der Waals surface area contributed by atoms with Crippen molar-refractivity contribution in [3.05, 3.63) is 0 Å². The summed E-state index contributed by atoms with van der Waals surface area (Å²) in [6.07, 6.45) is 3.16. The molecule has 0 fully saturated rings. The van der Waals surface area contributed by atoms with Crippen molar-refractivity contribution in [3.63, 3.8) is 0 Å².